The van der Waals surface area contributed by atoms with Crippen LogP contribution in [-0.2, 0) is 16.0 Å². The summed E-state index contributed by atoms with van der Waals surface area (Å²) < 4.78 is 13.0. The van der Waals surface area contributed by atoms with Crippen molar-refractivity contribution in [1.29, 1.82) is 0 Å². The van der Waals surface area contributed by atoms with Crippen molar-refractivity contribution < 1.29 is 14.6 Å². The molecule has 2 aromatic heterocycles. The monoisotopic (exact) mass is 392 g/mol. The van der Waals surface area contributed by atoms with Crippen molar-refractivity contribution in [2.45, 2.75) is 37.3 Å². The van der Waals surface area contributed by atoms with E-state index in [-0.39, 0.29) is 12.8 Å². The minimum absolute atomic E-state index is 0.0705. The van der Waals surface area contributed by atoms with Gasteiger partial charge in [0.05, 0.1) is 10.9 Å². The van der Waals surface area contributed by atoms with E-state index < -0.39 is 6.23 Å². The van der Waals surface area contributed by atoms with E-state index in [0.29, 0.717) is 5.75 Å². The lowest BCUT2D eigenvalue weighted by Crippen LogP contribution is -2.41. The van der Waals surface area contributed by atoms with Gasteiger partial charge in [0.2, 0.25) is 6.79 Å². The minimum Gasteiger partial charge on any atom is -0.456 e. The van der Waals surface area contributed by atoms with Gasteiger partial charge in [-0.1, -0.05) is 23.9 Å². The Kier molecular flexibility index (Phi) is 5.30. The molecule has 3 heterocycles. The maximum atomic E-state index is 10.4. The number of thiophene rings is 1. The molecule has 2 aliphatic rings. The van der Waals surface area contributed by atoms with Crippen molar-refractivity contribution >= 4 is 23.1 Å². The molecule has 0 saturated heterocycles. The summed E-state index contributed by atoms with van der Waals surface area (Å²) in [6.45, 7) is 3.09. The summed E-state index contributed by atoms with van der Waals surface area (Å²) >= 11 is 3.13. The van der Waals surface area contributed by atoms with Crippen LogP contribution in [-0.4, -0.2) is 44.7 Å². The maximum absolute atomic E-state index is 10.4. The van der Waals surface area contributed by atoms with Crippen LogP contribution < -0.4 is 5.32 Å². The first-order valence-electron chi connectivity index (χ1n) is 8.46. The van der Waals surface area contributed by atoms with Gasteiger partial charge in [-0.25, -0.2) is 0 Å². The fraction of sp³-hybridized carbons (Fsp3) is 0.412. The molecular formula is C17H20N4O3S2. The molecule has 4 rings (SSSR count). The Morgan fingerprint density at radius 1 is 1.46 bits per heavy atom. The molecule has 7 nitrogen and oxygen atoms in total. The fourth-order valence-electron chi connectivity index (χ4n) is 2.97. The quantitative estimate of drug-likeness (QED) is 0.554. The molecule has 26 heavy (non-hydrogen) atoms. The molecule has 0 saturated carbocycles. The van der Waals surface area contributed by atoms with Crippen molar-refractivity contribution in [3.63, 3.8) is 0 Å². The van der Waals surface area contributed by atoms with E-state index in [1.807, 2.05) is 29.7 Å². The average Bonchev–Trinajstić information content (AvgIpc) is 3.38. The molecule has 0 amide bonds. The van der Waals surface area contributed by atoms with Gasteiger partial charge in [0, 0.05) is 12.3 Å². The van der Waals surface area contributed by atoms with Crippen LogP contribution >= 0.6 is 23.1 Å². The summed E-state index contributed by atoms with van der Waals surface area (Å²) in [6, 6.07) is 3.97. The van der Waals surface area contributed by atoms with Crippen LogP contribution in [0, 0.1) is 0 Å². The number of aliphatic hydroxyl groups excluding tert-OH is 1. The van der Waals surface area contributed by atoms with Gasteiger partial charge >= 0.3 is 0 Å². The highest BCUT2D eigenvalue weighted by Gasteiger charge is 2.28. The number of thioether (sulfide) groups is 1. The number of aromatic nitrogens is 3. The van der Waals surface area contributed by atoms with Crippen molar-refractivity contribution in [2.75, 3.05) is 12.5 Å². The molecule has 2 atom stereocenters. The van der Waals surface area contributed by atoms with Crippen molar-refractivity contribution in [2.24, 2.45) is 0 Å². The maximum Gasteiger partial charge on any atom is 0.230 e. The molecule has 1 aliphatic heterocycles. The third kappa shape index (κ3) is 3.52. The van der Waals surface area contributed by atoms with Crippen LogP contribution in [0.4, 0.5) is 0 Å². The predicted molar refractivity (Wildman–Crippen MR) is 100 cm³/mol. The Hall–Kier alpha value is -1.81. The number of hydrogen-bond donors (Lipinski definition) is 2. The van der Waals surface area contributed by atoms with Gasteiger partial charge in [-0.3, -0.25) is 5.32 Å². The first-order chi connectivity index (χ1) is 12.8. The summed E-state index contributed by atoms with van der Waals surface area (Å²) in [5.41, 5.74) is 0. The largest absolute Gasteiger partial charge is 0.456 e. The predicted octanol–water partition coefficient (Wildman–Crippen LogP) is 2.57. The molecule has 9 heteroatoms. The molecule has 2 aromatic rings. The van der Waals surface area contributed by atoms with E-state index in [1.54, 1.807) is 11.3 Å². The number of hydrogen-bond acceptors (Lipinski definition) is 8. The molecule has 2 unspecified atom stereocenters. The first-order valence-corrected chi connectivity index (χ1v) is 10.3. The Morgan fingerprint density at radius 2 is 2.38 bits per heavy atom. The molecule has 1 aliphatic carbocycles. The van der Waals surface area contributed by atoms with Gasteiger partial charge in [0.15, 0.2) is 22.5 Å². The molecule has 0 spiro atoms. The normalized spacial score (nSPS) is 20.0. The third-order valence-corrected chi connectivity index (χ3v) is 6.08. The number of rotatable bonds is 7. The van der Waals surface area contributed by atoms with Crippen molar-refractivity contribution in [1.82, 2.24) is 20.1 Å². The second-order valence-corrected chi connectivity index (χ2v) is 7.78. The van der Waals surface area contributed by atoms with Crippen LogP contribution in [0.25, 0.3) is 10.7 Å². The number of allylic oxidation sites excluding steroid dienone is 1. The van der Waals surface area contributed by atoms with Gasteiger partial charge in [0.1, 0.15) is 6.23 Å². The lowest BCUT2D eigenvalue weighted by atomic mass is 10.1. The van der Waals surface area contributed by atoms with Crippen LogP contribution in [0.3, 0.4) is 0 Å². The minimum atomic E-state index is -0.693. The fourth-order valence-corrected chi connectivity index (χ4v) is 4.56. The smallest absolute Gasteiger partial charge is 0.230 e. The molecule has 0 bridgehead atoms. The van der Waals surface area contributed by atoms with E-state index in [9.17, 15) is 5.11 Å². The molecule has 0 radical (unpaired) electrons. The van der Waals surface area contributed by atoms with E-state index in [0.717, 1.165) is 40.3 Å². The molecule has 0 aromatic carbocycles. The van der Waals surface area contributed by atoms with E-state index in [1.165, 1.54) is 11.8 Å². The Morgan fingerprint density at radius 3 is 3.19 bits per heavy atom. The highest BCUT2D eigenvalue weighted by Crippen LogP contribution is 2.29. The van der Waals surface area contributed by atoms with Gasteiger partial charge in [-0.05, 0) is 30.9 Å². The zero-order valence-electron chi connectivity index (χ0n) is 14.3. The first kappa shape index (κ1) is 17.6. The second kappa shape index (κ2) is 7.83. The highest BCUT2D eigenvalue weighted by atomic mass is 32.2. The lowest BCUT2D eigenvalue weighted by molar-refractivity contribution is 0.0632. The van der Waals surface area contributed by atoms with Crippen LogP contribution in [0.1, 0.15) is 13.3 Å². The Balaban J connectivity index is 1.38. The van der Waals surface area contributed by atoms with Crippen LogP contribution in [0.2, 0.25) is 0 Å². The number of ether oxygens (including phenoxy) is 2. The Bertz CT molecular complexity index is 816. The second-order valence-electron chi connectivity index (χ2n) is 5.85. The van der Waals surface area contributed by atoms with Crippen LogP contribution in [0.15, 0.2) is 46.3 Å². The average molecular weight is 393 g/mol. The third-order valence-electron chi connectivity index (χ3n) is 4.17. The zero-order valence-corrected chi connectivity index (χ0v) is 15.9. The standard InChI is InChI=1S/C17H20N4O3S2/c1-2-21-16(13-7-4-8-25-13)19-20-17(21)26-9-14(22)18-11-5-3-6-12-15(11)24-10-23-12/h3-4,6-8,11,14,18,22H,2,5,9-10H2,1H3. The van der Waals surface area contributed by atoms with Gasteiger partial charge in [-0.2, -0.15) is 0 Å². The summed E-state index contributed by atoms with van der Waals surface area (Å²) in [4.78, 5) is 1.09. The Labute approximate surface area is 159 Å². The van der Waals surface area contributed by atoms with E-state index in [2.05, 4.69) is 27.0 Å². The van der Waals surface area contributed by atoms with Gasteiger partial charge in [0.25, 0.3) is 0 Å². The van der Waals surface area contributed by atoms with Crippen molar-refractivity contribution in [3.8, 4) is 10.7 Å². The topological polar surface area (TPSA) is 81.4 Å². The molecule has 0 fully saturated rings. The summed E-state index contributed by atoms with van der Waals surface area (Å²) in [7, 11) is 0. The number of nitrogens with one attached hydrogen (secondary N) is 1. The SMILES string of the molecule is CCn1c(SCC(O)NC2CC=CC3=C2OCO3)nnc1-c1cccs1. The number of nitrogens with zero attached hydrogens (tertiary/aromatic N) is 3. The highest BCUT2D eigenvalue weighted by molar-refractivity contribution is 7.99. The lowest BCUT2D eigenvalue weighted by Gasteiger charge is -2.23. The van der Waals surface area contributed by atoms with Gasteiger partial charge < -0.3 is 19.1 Å². The van der Waals surface area contributed by atoms with E-state index >= 15 is 0 Å². The number of aliphatic hydroxyl groups is 1. The van der Waals surface area contributed by atoms with Crippen LogP contribution in [0.5, 0.6) is 0 Å². The summed E-state index contributed by atoms with van der Waals surface area (Å²) in [6.07, 6.45) is 4.00. The molecular weight excluding hydrogens is 372 g/mol. The van der Waals surface area contributed by atoms with Gasteiger partial charge in [-0.15, -0.1) is 21.5 Å². The van der Waals surface area contributed by atoms with E-state index in [4.69, 9.17) is 9.47 Å². The van der Waals surface area contributed by atoms with Crippen molar-refractivity contribution in [3.05, 3.63) is 41.2 Å². The zero-order chi connectivity index (χ0) is 17.9. The molecule has 138 valence electrons. The summed E-state index contributed by atoms with van der Waals surface area (Å²) in [5, 5.41) is 25.0. The molecule has 2 N–H and O–H groups in total. The summed E-state index contributed by atoms with van der Waals surface area (Å²) in [5.74, 6) is 2.86.